The predicted molar refractivity (Wildman–Crippen MR) is 129 cm³/mol. The third-order valence-electron chi connectivity index (χ3n) is 5.80. The normalized spacial score (nSPS) is 11.7. The lowest BCUT2D eigenvalue weighted by molar-refractivity contribution is -0.137. The maximum atomic E-state index is 13.1. The number of alkyl halides is 3. The summed E-state index contributed by atoms with van der Waals surface area (Å²) >= 11 is 0. The first-order chi connectivity index (χ1) is 18.2. The molecule has 0 aliphatic rings. The molecule has 0 fully saturated rings. The van der Waals surface area contributed by atoms with Crippen molar-refractivity contribution >= 4 is 16.9 Å². The molecule has 1 amide bonds. The lowest BCUT2D eigenvalue weighted by atomic mass is 10.1. The van der Waals surface area contributed by atoms with Crippen LogP contribution in [0.25, 0.3) is 22.3 Å². The zero-order chi connectivity index (χ0) is 26.9. The van der Waals surface area contributed by atoms with Crippen molar-refractivity contribution in [3.63, 3.8) is 0 Å². The number of H-pyrrole nitrogens is 1. The molecular formula is C25H19F4N7O2. The van der Waals surface area contributed by atoms with Crippen LogP contribution in [-0.2, 0) is 19.3 Å². The Morgan fingerprint density at radius 2 is 1.87 bits per heavy atom. The van der Waals surface area contributed by atoms with Gasteiger partial charge in [-0.25, -0.2) is 14.1 Å². The van der Waals surface area contributed by atoms with E-state index in [1.165, 1.54) is 46.0 Å². The molecule has 0 atom stereocenters. The van der Waals surface area contributed by atoms with Gasteiger partial charge in [-0.1, -0.05) is 12.1 Å². The van der Waals surface area contributed by atoms with Gasteiger partial charge >= 0.3 is 6.18 Å². The van der Waals surface area contributed by atoms with E-state index >= 15 is 0 Å². The molecule has 0 unspecified atom stereocenters. The minimum absolute atomic E-state index is 0.0863. The molecule has 0 saturated carbocycles. The second kappa shape index (κ2) is 9.92. The third kappa shape index (κ3) is 5.16. The minimum atomic E-state index is -4.48. The van der Waals surface area contributed by atoms with Crippen LogP contribution in [0.3, 0.4) is 0 Å². The van der Waals surface area contributed by atoms with Crippen LogP contribution in [0.5, 0.6) is 0 Å². The van der Waals surface area contributed by atoms with Crippen LogP contribution in [-0.4, -0.2) is 42.0 Å². The Morgan fingerprint density at radius 1 is 1.08 bits per heavy atom. The highest BCUT2D eigenvalue weighted by Gasteiger charge is 2.30. The Bertz CT molecular complexity index is 1670. The second-order valence-corrected chi connectivity index (χ2v) is 8.41. The van der Waals surface area contributed by atoms with Crippen LogP contribution in [0.15, 0.2) is 71.9 Å². The molecule has 0 aliphatic heterocycles. The first-order valence-electron chi connectivity index (χ1n) is 11.4. The van der Waals surface area contributed by atoms with Gasteiger partial charge in [0.25, 0.3) is 11.5 Å². The molecule has 0 radical (unpaired) electrons. The van der Waals surface area contributed by atoms with E-state index in [0.717, 1.165) is 12.1 Å². The summed E-state index contributed by atoms with van der Waals surface area (Å²) in [6, 6.07) is 12.0. The van der Waals surface area contributed by atoms with Crippen LogP contribution >= 0.6 is 0 Å². The number of aromatic nitrogens is 6. The Balaban J connectivity index is 1.24. The van der Waals surface area contributed by atoms with Crippen molar-refractivity contribution in [3.8, 4) is 11.3 Å². The summed E-state index contributed by atoms with van der Waals surface area (Å²) in [7, 11) is 0. The maximum Gasteiger partial charge on any atom is 0.416 e. The highest BCUT2D eigenvalue weighted by Crippen LogP contribution is 2.29. The van der Waals surface area contributed by atoms with Gasteiger partial charge in [0.15, 0.2) is 5.65 Å². The van der Waals surface area contributed by atoms with Gasteiger partial charge in [-0.15, -0.1) is 0 Å². The summed E-state index contributed by atoms with van der Waals surface area (Å²) in [6.07, 6.45) is -1.90. The zero-order valence-electron chi connectivity index (χ0n) is 19.5. The fourth-order valence-electron chi connectivity index (χ4n) is 3.89. The number of carbonyl (C=O) groups is 1. The molecule has 3 heterocycles. The minimum Gasteiger partial charge on any atom is -0.349 e. The van der Waals surface area contributed by atoms with Gasteiger partial charge in [-0.3, -0.25) is 19.3 Å². The number of hydrogen-bond acceptors (Lipinski definition) is 5. The molecule has 194 valence electrons. The number of amides is 1. The van der Waals surface area contributed by atoms with Gasteiger partial charge in [-0.05, 0) is 48.0 Å². The summed E-state index contributed by atoms with van der Waals surface area (Å²) in [5, 5.41) is 13.8. The molecule has 38 heavy (non-hydrogen) atoms. The number of fused-ring (bicyclic) bond motifs is 1. The molecule has 0 spiro atoms. The van der Waals surface area contributed by atoms with E-state index in [4.69, 9.17) is 0 Å². The summed E-state index contributed by atoms with van der Waals surface area (Å²) < 4.78 is 54.8. The van der Waals surface area contributed by atoms with Gasteiger partial charge in [0.05, 0.1) is 30.5 Å². The molecule has 13 heteroatoms. The molecule has 0 aliphatic carbocycles. The van der Waals surface area contributed by atoms with Crippen LogP contribution in [0, 0.1) is 5.82 Å². The van der Waals surface area contributed by atoms with E-state index in [1.807, 2.05) is 0 Å². The van der Waals surface area contributed by atoms with E-state index in [-0.39, 0.29) is 42.2 Å². The van der Waals surface area contributed by atoms with Crippen molar-refractivity contribution in [1.82, 2.24) is 34.8 Å². The van der Waals surface area contributed by atoms with Gasteiger partial charge in [0, 0.05) is 12.1 Å². The van der Waals surface area contributed by atoms with E-state index in [9.17, 15) is 27.2 Å². The number of benzene rings is 2. The molecule has 5 aromatic rings. The van der Waals surface area contributed by atoms with Crippen LogP contribution in [0.2, 0.25) is 0 Å². The van der Waals surface area contributed by atoms with Crippen molar-refractivity contribution in [3.05, 3.63) is 100 Å². The summed E-state index contributed by atoms with van der Waals surface area (Å²) in [5.41, 5.74) is 0.685. The zero-order valence-corrected chi connectivity index (χ0v) is 19.5. The quantitative estimate of drug-likeness (QED) is 0.316. The number of nitrogens with zero attached hydrogens (tertiary/aromatic N) is 5. The van der Waals surface area contributed by atoms with E-state index < -0.39 is 23.2 Å². The fourth-order valence-corrected chi connectivity index (χ4v) is 3.89. The predicted octanol–water partition coefficient (Wildman–Crippen LogP) is 3.62. The smallest absolute Gasteiger partial charge is 0.349 e. The van der Waals surface area contributed by atoms with Crippen LogP contribution < -0.4 is 10.9 Å². The Morgan fingerprint density at radius 3 is 2.63 bits per heavy atom. The largest absolute Gasteiger partial charge is 0.416 e. The average Bonchev–Trinajstić information content (AvgIpc) is 3.54. The summed E-state index contributed by atoms with van der Waals surface area (Å²) in [5.74, 6) is -0.795. The number of carbonyl (C=O) groups excluding carboxylic acids is 1. The maximum absolute atomic E-state index is 13.1. The molecule has 5 rings (SSSR count). The second-order valence-electron chi connectivity index (χ2n) is 8.41. The lowest BCUT2D eigenvalue weighted by Crippen LogP contribution is -2.28. The van der Waals surface area contributed by atoms with E-state index in [2.05, 4.69) is 25.6 Å². The van der Waals surface area contributed by atoms with Crippen molar-refractivity contribution < 1.29 is 22.4 Å². The van der Waals surface area contributed by atoms with Crippen LogP contribution in [0.1, 0.15) is 21.6 Å². The molecule has 3 aromatic heterocycles. The van der Waals surface area contributed by atoms with Crippen molar-refractivity contribution in [2.75, 3.05) is 6.54 Å². The van der Waals surface area contributed by atoms with Gasteiger partial charge < -0.3 is 5.32 Å². The summed E-state index contributed by atoms with van der Waals surface area (Å²) in [6.45, 7) is 0.283. The highest BCUT2D eigenvalue weighted by atomic mass is 19.4. The summed E-state index contributed by atoms with van der Waals surface area (Å²) in [4.78, 5) is 29.6. The molecule has 9 nitrogen and oxygen atoms in total. The van der Waals surface area contributed by atoms with Crippen molar-refractivity contribution in [2.45, 2.75) is 19.3 Å². The average molecular weight is 525 g/mol. The number of hydrogen-bond donors (Lipinski definition) is 2. The molecule has 2 N–H and O–H groups in total. The molecule has 0 saturated heterocycles. The molecule has 0 bridgehead atoms. The van der Waals surface area contributed by atoms with Gasteiger partial charge in [0.2, 0.25) is 0 Å². The Labute approximate surface area is 211 Å². The van der Waals surface area contributed by atoms with Crippen LogP contribution in [0.4, 0.5) is 17.6 Å². The molecular weight excluding hydrogens is 506 g/mol. The number of halogens is 4. The monoisotopic (exact) mass is 525 g/mol. The van der Waals surface area contributed by atoms with Crippen molar-refractivity contribution in [1.29, 1.82) is 0 Å². The number of nitrogens with one attached hydrogen (secondary N) is 2. The first kappa shape index (κ1) is 24.9. The SMILES string of the molecule is O=C(NCCn1ncc2c(=O)n(Cc3cccc(C(F)(F)F)c3)cnc21)c1cc(-c2ccc(F)cc2)n[nH]1. The fraction of sp³-hybridized carbons (Fsp3) is 0.160. The van der Waals surface area contributed by atoms with Gasteiger partial charge in [-0.2, -0.15) is 23.4 Å². The Kier molecular flexibility index (Phi) is 6.49. The number of rotatable bonds is 7. The third-order valence-corrected chi connectivity index (χ3v) is 5.80. The Hall–Kier alpha value is -4.81. The highest BCUT2D eigenvalue weighted by molar-refractivity contribution is 5.93. The topological polar surface area (TPSA) is 110 Å². The lowest BCUT2D eigenvalue weighted by Gasteiger charge is -2.10. The van der Waals surface area contributed by atoms with Crippen molar-refractivity contribution in [2.24, 2.45) is 0 Å². The van der Waals surface area contributed by atoms with E-state index in [0.29, 0.717) is 16.8 Å². The standard InChI is InChI=1S/C25H19F4N7O2/c26-18-6-4-16(5-7-18)20-11-21(34-33-20)23(37)30-8-9-36-22-19(12-32-36)24(38)35(14-31-22)13-15-2-1-3-17(10-15)25(27,28)29/h1-7,10-12,14H,8-9,13H2,(H,30,37)(H,33,34). The molecule has 2 aromatic carbocycles. The number of aromatic amines is 1. The van der Waals surface area contributed by atoms with Gasteiger partial charge in [0.1, 0.15) is 23.2 Å². The van der Waals surface area contributed by atoms with E-state index in [1.54, 1.807) is 18.2 Å². The first-order valence-corrected chi connectivity index (χ1v) is 11.4.